The van der Waals surface area contributed by atoms with Crippen molar-refractivity contribution in [3.8, 4) is 0 Å². The molecule has 9 heteroatoms. The molecule has 31 heavy (non-hydrogen) atoms. The van der Waals surface area contributed by atoms with Crippen LogP contribution < -0.4 is 4.90 Å². The molecule has 2 aliphatic heterocycles. The number of aromatic nitrogens is 4. The van der Waals surface area contributed by atoms with Gasteiger partial charge < -0.3 is 9.64 Å². The highest BCUT2D eigenvalue weighted by Crippen LogP contribution is 2.36. The number of carbonyl (C=O) groups is 1. The van der Waals surface area contributed by atoms with Crippen LogP contribution in [0.4, 0.5) is 5.95 Å². The molecule has 1 aromatic heterocycles. The average Bonchev–Trinajstić information content (AvgIpc) is 3.31. The number of hydrogen-bond donors (Lipinski definition) is 0. The molecule has 0 N–H and O–H groups in total. The van der Waals surface area contributed by atoms with E-state index >= 15 is 0 Å². The topological polar surface area (TPSA) is 76.4 Å². The standard InChI is InChI=1S/C22H21ClN6O2/c23-18-8-6-17(7-9-18)19-14-20(16-4-2-1-3-5-16)29-22(24-25-26-29)28(19)15-21(30)27-10-12-31-13-11-27/h1-9,14,20H,10-13,15H2. The lowest BCUT2D eigenvalue weighted by Gasteiger charge is -2.34. The van der Waals surface area contributed by atoms with Crippen molar-refractivity contribution in [2.24, 2.45) is 0 Å². The average molecular weight is 437 g/mol. The number of carbonyl (C=O) groups excluding carboxylic acids is 1. The third kappa shape index (κ3) is 3.92. The number of anilines is 1. The van der Waals surface area contributed by atoms with Gasteiger partial charge in [0.2, 0.25) is 5.91 Å². The fourth-order valence-corrected chi connectivity index (χ4v) is 4.05. The largest absolute Gasteiger partial charge is 0.378 e. The normalized spacial score (nSPS) is 18.5. The smallest absolute Gasteiger partial charge is 0.251 e. The number of halogens is 1. The second-order valence-corrected chi connectivity index (χ2v) is 7.85. The van der Waals surface area contributed by atoms with Crippen LogP contribution >= 0.6 is 11.6 Å². The van der Waals surface area contributed by atoms with E-state index < -0.39 is 0 Å². The number of rotatable bonds is 4. The van der Waals surface area contributed by atoms with E-state index in [1.807, 2.05) is 64.4 Å². The zero-order valence-electron chi connectivity index (χ0n) is 16.8. The summed E-state index contributed by atoms with van der Waals surface area (Å²) in [5.74, 6) is 0.541. The van der Waals surface area contributed by atoms with Gasteiger partial charge in [0.25, 0.3) is 5.95 Å². The van der Waals surface area contributed by atoms with Gasteiger partial charge >= 0.3 is 0 Å². The Morgan fingerprint density at radius 2 is 1.81 bits per heavy atom. The van der Waals surface area contributed by atoms with Gasteiger partial charge in [-0.05, 0) is 39.8 Å². The molecule has 0 bridgehead atoms. The maximum atomic E-state index is 13.1. The van der Waals surface area contributed by atoms with Gasteiger partial charge in [0.1, 0.15) is 12.6 Å². The molecule has 2 aromatic carbocycles. The van der Waals surface area contributed by atoms with Gasteiger partial charge in [-0.25, -0.2) is 0 Å². The zero-order chi connectivity index (χ0) is 21.2. The molecule has 1 unspecified atom stereocenters. The van der Waals surface area contributed by atoms with Crippen molar-refractivity contribution in [2.45, 2.75) is 6.04 Å². The number of ether oxygens (including phenoxy) is 1. The first kappa shape index (κ1) is 19.7. The number of hydrogen-bond acceptors (Lipinski definition) is 6. The molecule has 5 rings (SSSR count). The highest BCUT2D eigenvalue weighted by atomic mass is 35.5. The van der Waals surface area contributed by atoms with Gasteiger partial charge in [-0.3, -0.25) is 9.69 Å². The minimum Gasteiger partial charge on any atom is -0.378 e. The van der Waals surface area contributed by atoms with Gasteiger partial charge in [-0.1, -0.05) is 59.2 Å². The number of amides is 1. The fourth-order valence-electron chi connectivity index (χ4n) is 3.93. The fraction of sp³-hybridized carbons (Fsp3) is 0.273. The molecule has 3 aromatic rings. The number of tetrazole rings is 1. The summed E-state index contributed by atoms with van der Waals surface area (Å²) in [7, 11) is 0. The molecule has 1 amide bonds. The minimum atomic E-state index is -0.188. The third-order valence-electron chi connectivity index (χ3n) is 5.53. The number of nitrogens with zero attached hydrogens (tertiary/aromatic N) is 6. The second kappa shape index (κ2) is 8.49. The monoisotopic (exact) mass is 436 g/mol. The molecular formula is C22H21ClN6O2. The maximum Gasteiger partial charge on any atom is 0.251 e. The Hall–Kier alpha value is -3.23. The van der Waals surface area contributed by atoms with Crippen molar-refractivity contribution in [1.29, 1.82) is 0 Å². The highest BCUT2D eigenvalue weighted by molar-refractivity contribution is 6.30. The van der Waals surface area contributed by atoms with Gasteiger partial charge in [0, 0.05) is 18.1 Å². The summed E-state index contributed by atoms with van der Waals surface area (Å²) in [5.41, 5.74) is 2.87. The quantitative estimate of drug-likeness (QED) is 0.625. The number of fused-ring (bicyclic) bond motifs is 1. The molecule has 8 nitrogen and oxygen atoms in total. The summed E-state index contributed by atoms with van der Waals surface area (Å²) in [4.78, 5) is 16.8. The minimum absolute atomic E-state index is 0.0101. The van der Waals surface area contributed by atoms with E-state index in [-0.39, 0.29) is 18.5 Å². The summed E-state index contributed by atoms with van der Waals surface area (Å²) in [6.45, 7) is 2.42. The van der Waals surface area contributed by atoms with Crippen LogP contribution in [0.2, 0.25) is 5.02 Å². The van der Waals surface area contributed by atoms with E-state index in [1.165, 1.54) is 0 Å². The van der Waals surface area contributed by atoms with Crippen molar-refractivity contribution in [1.82, 2.24) is 25.1 Å². The van der Waals surface area contributed by atoms with Crippen LogP contribution in [-0.2, 0) is 9.53 Å². The maximum absolute atomic E-state index is 13.1. The number of morpholine rings is 1. The highest BCUT2D eigenvalue weighted by Gasteiger charge is 2.33. The van der Waals surface area contributed by atoms with Crippen molar-refractivity contribution >= 4 is 29.2 Å². The van der Waals surface area contributed by atoms with Crippen molar-refractivity contribution in [3.05, 3.63) is 76.8 Å². The molecule has 0 aliphatic carbocycles. The summed E-state index contributed by atoms with van der Waals surface area (Å²) in [6.07, 6.45) is 2.09. The number of allylic oxidation sites excluding steroid dienone is 1. The molecule has 158 valence electrons. The van der Waals surface area contributed by atoms with E-state index in [0.29, 0.717) is 37.3 Å². The van der Waals surface area contributed by atoms with Crippen LogP contribution in [-0.4, -0.2) is 63.9 Å². The van der Waals surface area contributed by atoms with Crippen molar-refractivity contribution in [2.75, 3.05) is 37.7 Å². The van der Waals surface area contributed by atoms with Gasteiger partial charge in [-0.15, -0.1) is 0 Å². The molecule has 0 radical (unpaired) electrons. The van der Waals surface area contributed by atoms with Crippen LogP contribution in [0.1, 0.15) is 17.2 Å². The Bertz CT molecular complexity index is 1090. The van der Waals surface area contributed by atoms with E-state index in [9.17, 15) is 4.79 Å². The van der Waals surface area contributed by atoms with Gasteiger partial charge in [-0.2, -0.15) is 4.68 Å². The molecular weight excluding hydrogens is 416 g/mol. The van der Waals surface area contributed by atoms with Crippen molar-refractivity contribution in [3.63, 3.8) is 0 Å². The van der Waals surface area contributed by atoms with Crippen LogP contribution in [0.15, 0.2) is 60.7 Å². The lowest BCUT2D eigenvalue weighted by molar-refractivity contribution is -0.133. The molecule has 1 saturated heterocycles. The predicted octanol–water partition coefficient (Wildman–Crippen LogP) is 2.64. The Kier molecular flexibility index (Phi) is 5.40. The summed E-state index contributed by atoms with van der Waals surface area (Å²) in [5, 5.41) is 13.1. The Labute approximate surface area is 184 Å². The Balaban J connectivity index is 1.56. The second-order valence-electron chi connectivity index (χ2n) is 7.42. The predicted molar refractivity (Wildman–Crippen MR) is 117 cm³/mol. The third-order valence-corrected chi connectivity index (χ3v) is 5.78. The first-order valence-electron chi connectivity index (χ1n) is 10.1. The van der Waals surface area contributed by atoms with Gasteiger partial charge in [0.15, 0.2) is 0 Å². The summed E-state index contributed by atoms with van der Waals surface area (Å²) >= 11 is 6.12. The van der Waals surface area contributed by atoms with Crippen LogP contribution in [0.5, 0.6) is 0 Å². The molecule has 1 atom stereocenters. The molecule has 0 spiro atoms. The lowest BCUT2D eigenvalue weighted by Crippen LogP contribution is -2.46. The van der Waals surface area contributed by atoms with E-state index in [4.69, 9.17) is 16.3 Å². The Morgan fingerprint density at radius 1 is 1.06 bits per heavy atom. The van der Waals surface area contributed by atoms with E-state index in [1.54, 1.807) is 4.68 Å². The van der Waals surface area contributed by atoms with E-state index in [2.05, 4.69) is 21.6 Å². The van der Waals surface area contributed by atoms with E-state index in [0.717, 1.165) is 16.8 Å². The molecule has 0 saturated carbocycles. The summed E-state index contributed by atoms with van der Waals surface area (Å²) < 4.78 is 7.13. The lowest BCUT2D eigenvalue weighted by atomic mass is 10.0. The van der Waals surface area contributed by atoms with Gasteiger partial charge in [0.05, 0.1) is 18.9 Å². The first-order valence-corrected chi connectivity index (χ1v) is 10.5. The molecule has 1 fully saturated rings. The molecule has 2 aliphatic rings. The van der Waals surface area contributed by atoms with Crippen molar-refractivity contribution < 1.29 is 9.53 Å². The SMILES string of the molecule is O=C(CN1C(c2ccc(Cl)cc2)=CC(c2ccccc2)n2nnnc21)N1CCOCC1. The Morgan fingerprint density at radius 3 is 2.55 bits per heavy atom. The number of benzene rings is 2. The summed E-state index contributed by atoms with van der Waals surface area (Å²) in [6, 6.07) is 17.4. The van der Waals surface area contributed by atoms with Crippen LogP contribution in [0.3, 0.4) is 0 Å². The van der Waals surface area contributed by atoms with Crippen LogP contribution in [0.25, 0.3) is 5.70 Å². The van der Waals surface area contributed by atoms with Crippen LogP contribution in [0, 0.1) is 0 Å². The zero-order valence-corrected chi connectivity index (χ0v) is 17.5. The first-order chi connectivity index (χ1) is 15.2. The molecule has 3 heterocycles.